The molecule has 26 heavy (non-hydrogen) atoms. The highest BCUT2D eigenvalue weighted by Crippen LogP contribution is 2.29. The predicted molar refractivity (Wildman–Crippen MR) is 108 cm³/mol. The van der Waals surface area contributed by atoms with E-state index in [1.165, 1.54) is 11.3 Å². The fraction of sp³-hybridized carbons (Fsp3) is 0.222. The highest BCUT2D eigenvalue weighted by Gasteiger charge is 2.13. The van der Waals surface area contributed by atoms with Crippen LogP contribution in [0.3, 0.4) is 0 Å². The Balaban J connectivity index is 1.69. The van der Waals surface area contributed by atoms with Crippen molar-refractivity contribution in [2.45, 2.75) is 23.1 Å². The summed E-state index contributed by atoms with van der Waals surface area (Å²) in [7, 11) is -3.22. The maximum atomic E-state index is 12.3. The third-order valence-electron chi connectivity index (χ3n) is 3.87. The van der Waals surface area contributed by atoms with Crippen molar-refractivity contribution in [3.63, 3.8) is 0 Å². The summed E-state index contributed by atoms with van der Waals surface area (Å²) in [4.78, 5) is 18.1. The largest absolute Gasteiger partial charge is 0.302 e. The molecule has 1 N–H and O–H groups in total. The minimum atomic E-state index is -3.22. The van der Waals surface area contributed by atoms with Gasteiger partial charge in [0.2, 0.25) is 5.91 Å². The van der Waals surface area contributed by atoms with Crippen LogP contribution < -0.4 is 5.32 Å². The first kappa shape index (κ1) is 18.9. The molecule has 0 unspecified atom stereocenters. The van der Waals surface area contributed by atoms with Gasteiger partial charge in [-0.15, -0.1) is 11.8 Å². The zero-order chi connectivity index (χ0) is 18.7. The molecule has 1 amide bonds. The summed E-state index contributed by atoms with van der Waals surface area (Å²) in [5, 5.41) is 3.38. The van der Waals surface area contributed by atoms with E-state index in [9.17, 15) is 13.2 Å². The molecule has 0 aliphatic rings. The Labute approximate surface area is 160 Å². The third-order valence-corrected chi connectivity index (χ3v) is 7.28. The van der Waals surface area contributed by atoms with Crippen molar-refractivity contribution in [2.24, 2.45) is 0 Å². The third kappa shape index (κ3) is 4.25. The number of thioether (sulfide) groups is 1. The Hall–Kier alpha value is -1.90. The van der Waals surface area contributed by atoms with Crippen LogP contribution in [0.15, 0.2) is 52.3 Å². The summed E-state index contributed by atoms with van der Waals surface area (Å²) in [5.74, 6) is -0.122. The molecule has 0 aliphatic carbocycles. The lowest BCUT2D eigenvalue weighted by molar-refractivity contribution is -0.115. The molecule has 5 nitrogen and oxygen atoms in total. The van der Waals surface area contributed by atoms with E-state index in [-0.39, 0.29) is 23.0 Å². The number of nitrogens with one attached hydrogen (secondary N) is 1. The summed E-state index contributed by atoms with van der Waals surface area (Å²) in [6, 6.07) is 12.4. The Morgan fingerprint density at radius 3 is 2.58 bits per heavy atom. The van der Waals surface area contributed by atoms with Gasteiger partial charge in [0, 0.05) is 4.90 Å². The first-order valence-corrected chi connectivity index (χ1v) is 11.7. The Morgan fingerprint density at radius 2 is 1.92 bits per heavy atom. The second-order valence-electron chi connectivity index (χ2n) is 5.62. The quantitative estimate of drug-likeness (QED) is 0.626. The van der Waals surface area contributed by atoms with Gasteiger partial charge in [0.05, 0.1) is 27.3 Å². The van der Waals surface area contributed by atoms with Crippen LogP contribution in [0.1, 0.15) is 12.5 Å². The molecule has 0 spiro atoms. The minimum Gasteiger partial charge on any atom is -0.302 e. The van der Waals surface area contributed by atoms with Gasteiger partial charge in [0.15, 0.2) is 15.0 Å². The normalized spacial score (nSPS) is 11.6. The number of anilines is 1. The molecular formula is C18H18N2O3S3. The smallest absolute Gasteiger partial charge is 0.230 e. The number of hydrogen-bond donors (Lipinski definition) is 1. The second-order valence-corrected chi connectivity index (χ2v) is 9.81. The summed E-state index contributed by atoms with van der Waals surface area (Å²) < 4.78 is 24.7. The highest BCUT2D eigenvalue weighted by atomic mass is 32.2. The number of carbonyl (C=O) groups is 1. The van der Waals surface area contributed by atoms with E-state index < -0.39 is 9.84 Å². The molecule has 3 rings (SSSR count). The number of rotatable bonds is 6. The maximum absolute atomic E-state index is 12.3. The lowest BCUT2D eigenvalue weighted by Crippen LogP contribution is -2.14. The summed E-state index contributed by atoms with van der Waals surface area (Å²) in [6.07, 6.45) is 2.18. The number of hydrogen-bond acceptors (Lipinski definition) is 6. The van der Waals surface area contributed by atoms with Crippen molar-refractivity contribution in [3.05, 3.63) is 48.0 Å². The summed E-state index contributed by atoms with van der Waals surface area (Å²) >= 11 is 3.10. The van der Waals surface area contributed by atoms with Crippen LogP contribution in [0.4, 0.5) is 5.13 Å². The van der Waals surface area contributed by atoms with E-state index in [0.717, 1.165) is 20.7 Å². The number of sulfone groups is 1. The number of benzene rings is 2. The first-order chi connectivity index (χ1) is 12.4. The number of carbonyl (C=O) groups excluding carboxylic acids is 1. The molecule has 0 saturated carbocycles. The molecule has 3 aromatic rings. The minimum absolute atomic E-state index is 0.0582. The van der Waals surface area contributed by atoms with Crippen LogP contribution in [0, 0.1) is 0 Å². The molecule has 0 saturated heterocycles. The lowest BCUT2D eigenvalue weighted by Gasteiger charge is -2.04. The predicted octanol–water partition coefficient (Wildman–Crippen LogP) is 3.99. The van der Waals surface area contributed by atoms with Crippen molar-refractivity contribution in [2.75, 3.05) is 17.3 Å². The molecular weight excluding hydrogens is 388 g/mol. The number of thiazole rings is 1. The second kappa shape index (κ2) is 7.77. The van der Waals surface area contributed by atoms with Crippen molar-refractivity contribution < 1.29 is 13.2 Å². The molecule has 0 radical (unpaired) electrons. The van der Waals surface area contributed by atoms with Gasteiger partial charge >= 0.3 is 0 Å². The molecule has 2 aromatic carbocycles. The van der Waals surface area contributed by atoms with Crippen LogP contribution in [0.2, 0.25) is 0 Å². The van der Waals surface area contributed by atoms with E-state index in [2.05, 4.69) is 16.4 Å². The summed E-state index contributed by atoms with van der Waals surface area (Å²) in [6.45, 7) is 1.61. The molecule has 0 bridgehead atoms. The van der Waals surface area contributed by atoms with E-state index in [0.29, 0.717) is 5.13 Å². The van der Waals surface area contributed by atoms with Gasteiger partial charge in [0.25, 0.3) is 0 Å². The van der Waals surface area contributed by atoms with Crippen molar-refractivity contribution in [1.29, 1.82) is 0 Å². The van der Waals surface area contributed by atoms with E-state index in [1.807, 2.05) is 18.4 Å². The number of aromatic nitrogens is 1. The van der Waals surface area contributed by atoms with Crippen molar-refractivity contribution in [3.8, 4) is 0 Å². The number of amides is 1. The molecule has 136 valence electrons. The van der Waals surface area contributed by atoms with Crippen LogP contribution in [0.5, 0.6) is 0 Å². The zero-order valence-electron chi connectivity index (χ0n) is 14.4. The fourth-order valence-electron chi connectivity index (χ4n) is 2.42. The number of nitrogens with zero attached hydrogens (tertiary/aromatic N) is 1. The van der Waals surface area contributed by atoms with Gasteiger partial charge in [-0.3, -0.25) is 4.79 Å². The average Bonchev–Trinajstić information content (AvgIpc) is 3.03. The molecule has 1 aromatic heterocycles. The Bertz CT molecular complexity index is 1040. The monoisotopic (exact) mass is 406 g/mol. The maximum Gasteiger partial charge on any atom is 0.230 e. The van der Waals surface area contributed by atoms with Crippen LogP contribution in [-0.4, -0.2) is 31.3 Å². The van der Waals surface area contributed by atoms with E-state index in [4.69, 9.17) is 0 Å². The summed E-state index contributed by atoms with van der Waals surface area (Å²) in [5.41, 5.74) is 1.61. The zero-order valence-corrected chi connectivity index (χ0v) is 16.8. The van der Waals surface area contributed by atoms with E-state index in [1.54, 1.807) is 43.0 Å². The van der Waals surface area contributed by atoms with Gasteiger partial charge in [-0.2, -0.15) is 0 Å². The van der Waals surface area contributed by atoms with Crippen LogP contribution >= 0.6 is 23.1 Å². The molecule has 1 heterocycles. The average molecular weight is 407 g/mol. The number of fused-ring (bicyclic) bond motifs is 1. The van der Waals surface area contributed by atoms with E-state index >= 15 is 0 Å². The van der Waals surface area contributed by atoms with Crippen molar-refractivity contribution >= 4 is 54.2 Å². The van der Waals surface area contributed by atoms with Gasteiger partial charge in [-0.25, -0.2) is 13.4 Å². The molecule has 0 aliphatic heterocycles. The topological polar surface area (TPSA) is 76.1 Å². The SMILES string of the molecule is CCS(=O)(=O)c1ccc(CC(=O)Nc2nc3ccc(SC)cc3s2)cc1. The van der Waals surface area contributed by atoms with Gasteiger partial charge in [-0.1, -0.05) is 30.4 Å². The van der Waals surface area contributed by atoms with Gasteiger partial charge in [-0.05, 0) is 42.2 Å². The fourth-order valence-corrected chi connectivity index (χ4v) is 4.74. The highest BCUT2D eigenvalue weighted by molar-refractivity contribution is 7.98. The molecule has 0 atom stereocenters. The van der Waals surface area contributed by atoms with Crippen LogP contribution in [0.25, 0.3) is 10.2 Å². The van der Waals surface area contributed by atoms with Crippen molar-refractivity contribution in [1.82, 2.24) is 4.98 Å². The first-order valence-electron chi connectivity index (χ1n) is 7.97. The van der Waals surface area contributed by atoms with Crippen LogP contribution in [-0.2, 0) is 21.1 Å². The lowest BCUT2D eigenvalue weighted by atomic mass is 10.1. The Morgan fingerprint density at radius 1 is 1.19 bits per heavy atom. The standard InChI is InChI=1S/C18H18N2O3S3/c1-3-26(22,23)14-7-4-12(5-8-14)10-17(21)20-18-19-15-9-6-13(24-2)11-16(15)25-18/h4-9,11H,3,10H2,1-2H3,(H,19,20,21). The molecule has 8 heteroatoms. The van der Waals surface area contributed by atoms with Gasteiger partial charge in [0.1, 0.15) is 0 Å². The van der Waals surface area contributed by atoms with Gasteiger partial charge < -0.3 is 5.32 Å². The molecule has 0 fully saturated rings. The Kier molecular flexibility index (Phi) is 5.64.